The standard InChI is InChI=1S/C11H19F3N2O2.ClH/c1-7(2)5-8(15)9(17)16-4-3-10(18,6-16)11(12,13)14;/h7-8,18H,3-6,15H2,1-2H3;1H/t8-,10?;/m0./s1. The number of aliphatic hydroxyl groups is 1. The zero-order chi connectivity index (χ0) is 14.1. The van der Waals surface area contributed by atoms with Crippen molar-refractivity contribution in [1.29, 1.82) is 0 Å². The molecule has 8 heteroatoms. The summed E-state index contributed by atoms with van der Waals surface area (Å²) in [6.07, 6.45) is -4.79. The fourth-order valence-electron chi connectivity index (χ4n) is 2.06. The van der Waals surface area contributed by atoms with Crippen LogP contribution >= 0.6 is 12.4 Å². The predicted octanol–water partition coefficient (Wildman–Crippen LogP) is 1.31. The third-order valence-electron chi connectivity index (χ3n) is 3.13. The molecule has 0 radical (unpaired) electrons. The van der Waals surface area contributed by atoms with E-state index in [0.717, 1.165) is 4.90 Å². The molecule has 114 valence electrons. The van der Waals surface area contributed by atoms with Crippen LogP contribution in [0.5, 0.6) is 0 Å². The molecular weight excluding hydrogens is 285 g/mol. The van der Waals surface area contributed by atoms with Crippen molar-refractivity contribution < 1.29 is 23.1 Å². The van der Waals surface area contributed by atoms with Crippen LogP contribution in [0.2, 0.25) is 0 Å². The Labute approximate surface area is 116 Å². The largest absolute Gasteiger partial charge is 0.419 e. The number of β-amino-alcohol motifs (C(OH)–C–C–N with tert-alkyl or cyclic N) is 1. The SMILES string of the molecule is CC(C)C[C@H](N)C(=O)N1CCC(O)(C(F)(F)F)C1.Cl. The lowest BCUT2D eigenvalue weighted by atomic mass is 10.0. The van der Waals surface area contributed by atoms with Crippen molar-refractivity contribution in [2.45, 2.75) is 44.5 Å². The number of nitrogens with two attached hydrogens (primary N) is 1. The van der Waals surface area contributed by atoms with Crippen molar-refractivity contribution in [3.63, 3.8) is 0 Å². The molecular formula is C11H20ClF3N2O2. The zero-order valence-corrected chi connectivity index (χ0v) is 11.7. The Morgan fingerprint density at radius 3 is 2.37 bits per heavy atom. The topological polar surface area (TPSA) is 66.6 Å². The fraction of sp³-hybridized carbons (Fsp3) is 0.909. The number of likely N-dealkylation sites (tertiary alicyclic amines) is 1. The van der Waals surface area contributed by atoms with Crippen LogP contribution in [-0.4, -0.2) is 46.8 Å². The molecule has 19 heavy (non-hydrogen) atoms. The van der Waals surface area contributed by atoms with Gasteiger partial charge in [-0.1, -0.05) is 13.8 Å². The van der Waals surface area contributed by atoms with Crippen molar-refractivity contribution in [1.82, 2.24) is 4.90 Å². The minimum atomic E-state index is -4.72. The van der Waals surface area contributed by atoms with E-state index < -0.39 is 36.7 Å². The summed E-state index contributed by atoms with van der Waals surface area (Å²) in [5.41, 5.74) is 2.85. The molecule has 1 amide bonds. The number of rotatable bonds is 3. The molecule has 1 heterocycles. The Morgan fingerprint density at radius 1 is 1.47 bits per heavy atom. The minimum Gasteiger partial charge on any atom is -0.379 e. The Morgan fingerprint density at radius 2 is 2.00 bits per heavy atom. The third kappa shape index (κ3) is 4.22. The summed E-state index contributed by atoms with van der Waals surface area (Å²) in [6.45, 7) is 2.92. The van der Waals surface area contributed by atoms with Crippen LogP contribution in [0.4, 0.5) is 13.2 Å². The Balaban J connectivity index is 0.00000324. The highest BCUT2D eigenvalue weighted by atomic mass is 35.5. The second kappa shape index (κ2) is 6.28. The summed E-state index contributed by atoms with van der Waals surface area (Å²) in [5.74, 6) is -0.336. The molecule has 0 aliphatic carbocycles. The van der Waals surface area contributed by atoms with Gasteiger partial charge in [0.25, 0.3) is 0 Å². The van der Waals surface area contributed by atoms with Gasteiger partial charge in [-0.05, 0) is 12.3 Å². The first-order valence-electron chi connectivity index (χ1n) is 5.90. The molecule has 3 N–H and O–H groups in total. The van der Waals surface area contributed by atoms with Gasteiger partial charge >= 0.3 is 6.18 Å². The van der Waals surface area contributed by atoms with E-state index in [2.05, 4.69) is 0 Å². The van der Waals surface area contributed by atoms with Gasteiger partial charge in [-0.15, -0.1) is 12.4 Å². The maximum absolute atomic E-state index is 12.6. The highest BCUT2D eigenvalue weighted by Gasteiger charge is 2.57. The number of nitrogens with zero attached hydrogens (tertiary/aromatic N) is 1. The van der Waals surface area contributed by atoms with Crippen LogP contribution in [0.25, 0.3) is 0 Å². The molecule has 0 saturated carbocycles. The summed E-state index contributed by atoms with van der Waals surface area (Å²) >= 11 is 0. The predicted molar refractivity (Wildman–Crippen MR) is 66.9 cm³/mol. The van der Waals surface area contributed by atoms with Crippen LogP contribution in [0.3, 0.4) is 0 Å². The first-order valence-corrected chi connectivity index (χ1v) is 5.90. The van der Waals surface area contributed by atoms with E-state index >= 15 is 0 Å². The second-order valence-electron chi connectivity index (χ2n) is 5.28. The van der Waals surface area contributed by atoms with E-state index in [9.17, 15) is 23.1 Å². The summed E-state index contributed by atoms with van der Waals surface area (Å²) in [4.78, 5) is 12.8. The number of hydrogen-bond donors (Lipinski definition) is 2. The summed E-state index contributed by atoms with van der Waals surface area (Å²) in [7, 11) is 0. The van der Waals surface area contributed by atoms with Gasteiger partial charge in [0, 0.05) is 13.0 Å². The van der Waals surface area contributed by atoms with Gasteiger partial charge in [-0.3, -0.25) is 4.79 Å². The number of alkyl halides is 3. The quantitative estimate of drug-likeness (QED) is 0.826. The van der Waals surface area contributed by atoms with E-state index in [0.29, 0.717) is 6.42 Å². The van der Waals surface area contributed by atoms with Gasteiger partial charge in [-0.25, -0.2) is 0 Å². The number of halogens is 4. The molecule has 0 spiro atoms. The molecule has 1 fully saturated rings. The summed E-state index contributed by atoms with van der Waals surface area (Å²) < 4.78 is 37.7. The first kappa shape index (κ1) is 18.5. The van der Waals surface area contributed by atoms with Crippen LogP contribution < -0.4 is 5.73 Å². The molecule has 1 aliphatic rings. The fourth-order valence-corrected chi connectivity index (χ4v) is 2.06. The Hall–Kier alpha value is -0.530. The van der Waals surface area contributed by atoms with Gasteiger partial charge in [-0.2, -0.15) is 13.2 Å². The normalized spacial score (nSPS) is 25.4. The zero-order valence-electron chi connectivity index (χ0n) is 10.9. The van der Waals surface area contributed by atoms with E-state index in [1.54, 1.807) is 0 Å². The van der Waals surface area contributed by atoms with Gasteiger partial charge < -0.3 is 15.7 Å². The van der Waals surface area contributed by atoms with Crippen LogP contribution in [0.1, 0.15) is 26.7 Å². The molecule has 0 aromatic rings. The molecule has 1 saturated heterocycles. The molecule has 0 aromatic carbocycles. The van der Waals surface area contributed by atoms with Crippen LogP contribution in [0, 0.1) is 5.92 Å². The van der Waals surface area contributed by atoms with Gasteiger partial charge in [0.05, 0.1) is 12.6 Å². The van der Waals surface area contributed by atoms with Crippen molar-refractivity contribution in [3.05, 3.63) is 0 Å². The summed E-state index contributed by atoms with van der Waals surface area (Å²) in [6, 6.07) is -0.805. The van der Waals surface area contributed by atoms with Gasteiger partial charge in [0.2, 0.25) is 5.91 Å². The lowest BCUT2D eigenvalue weighted by Crippen LogP contribution is -2.50. The molecule has 1 aliphatic heterocycles. The van der Waals surface area contributed by atoms with Gasteiger partial charge in [0.15, 0.2) is 5.60 Å². The van der Waals surface area contributed by atoms with Crippen molar-refractivity contribution in [2.75, 3.05) is 13.1 Å². The van der Waals surface area contributed by atoms with Crippen LogP contribution in [0.15, 0.2) is 0 Å². The van der Waals surface area contributed by atoms with Crippen molar-refractivity contribution >= 4 is 18.3 Å². The molecule has 2 atom stereocenters. The maximum atomic E-state index is 12.6. The Bertz CT molecular complexity index is 326. The second-order valence-corrected chi connectivity index (χ2v) is 5.28. The Kier molecular flexibility index (Phi) is 6.10. The van der Waals surface area contributed by atoms with E-state index in [1.807, 2.05) is 13.8 Å². The smallest absolute Gasteiger partial charge is 0.379 e. The van der Waals surface area contributed by atoms with E-state index in [4.69, 9.17) is 5.73 Å². The lowest BCUT2D eigenvalue weighted by Gasteiger charge is -2.27. The molecule has 1 unspecified atom stereocenters. The lowest BCUT2D eigenvalue weighted by molar-refractivity contribution is -0.253. The third-order valence-corrected chi connectivity index (χ3v) is 3.13. The number of carbonyl (C=O) groups is 1. The average Bonchev–Trinajstić information content (AvgIpc) is 2.59. The van der Waals surface area contributed by atoms with E-state index in [-0.39, 0.29) is 24.9 Å². The number of amides is 1. The monoisotopic (exact) mass is 304 g/mol. The van der Waals surface area contributed by atoms with Crippen LogP contribution in [-0.2, 0) is 4.79 Å². The highest BCUT2D eigenvalue weighted by Crippen LogP contribution is 2.37. The van der Waals surface area contributed by atoms with Crippen molar-refractivity contribution in [2.24, 2.45) is 11.7 Å². The molecule has 0 aromatic heterocycles. The molecule has 4 nitrogen and oxygen atoms in total. The minimum absolute atomic E-state index is 0. The molecule has 1 rings (SSSR count). The van der Waals surface area contributed by atoms with Crippen molar-refractivity contribution in [3.8, 4) is 0 Å². The van der Waals surface area contributed by atoms with Gasteiger partial charge in [0.1, 0.15) is 0 Å². The highest BCUT2D eigenvalue weighted by molar-refractivity contribution is 5.85. The molecule has 0 bridgehead atoms. The number of carbonyl (C=O) groups excluding carboxylic acids is 1. The average molecular weight is 305 g/mol. The maximum Gasteiger partial charge on any atom is 0.419 e. The van der Waals surface area contributed by atoms with E-state index in [1.165, 1.54) is 0 Å². The first-order chi connectivity index (χ1) is 8.07. The summed E-state index contributed by atoms with van der Waals surface area (Å²) in [5, 5.41) is 9.45. The number of hydrogen-bond acceptors (Lipinski definition) is 3.